The van der Waals surface area contributed by atoms with Crippen LogP contribution in [0.25, 0.3) is 0 Å². The lowest BCUT2D eigenvalue weighted by Gasteiger charge is -2.28. The third kappa shape index (κ3) is 5.09. The zero-order valence-corrected chi connectivity index (χ0v) is 21.0. The molecule has 0 bridgehead atoms. The van der Waals surface area contributed by atoms with Gasteiger partial charge in [-0.25, -0.2) is 14.2 Å². The zero-order chi connectivity index (χ0) is 25.0. The number of hydrogen-bond acceptors (Lipinski definition) is 8. The van der Waals surface area contributed by atoms with Crippen molar-refractivity contribution in [2.75, 3.05) is 12.4 Å². The van der Waals surface area contributed by atoms with Gasteiger partial charge in [-0.15, -0.1) is 0 Å². The molecule has 0 saturated heterocycles. The highest BCUT2D eigenvalue weighted by atomic mass is 79.9. The quantitative estimate of drug-likeness (QED) is 0.404. The summed E-state index contributed by atoms with van der Waals surface area (Å²) in [4.78, 5) is 17.5. The standard InChI is InChI=1S/C24H20BrFN4O3S/c1-4-32-24(31)21-19(11-34-23-16(9-27)12(2)7-13(3)30-23)33-22(29)17(10-28)20(21)15-6-5-14(25)8-18(15)26/h5-8,20H,4,11,29H2,1-3H3/t20-/m0/s1. The summed E-state index contributed by atoms with van der Waals surface area (Å²) in [5, 5.41) is 19.8. The van der Waals surface area contributed by atoms with Gasteiger partial charge in [0.15, 0.2) is 0 Å². The second-order valence-electron chi connectivity index (χ2n) is 7.31. The maximum Gasteiger partial charge on any atom is 0.338 e. The molecule has 0 amide bonds. The Morgan fingerprint density at radius 2 is 2.06 bits per heavy atom. The Labute approximate surface area is 209 Å². The van der Waals surface area contributed by atoms with Crippen molar-refractivity contribution in [1.82, 2.24) is 4.98 Å². The van der Waals surface area contributed by atoms with Gasteiger partial charge in [0.25, 0.3) is 0 Å². The molecular weight excluding hydrogens is 523 g/mol. The molecule has 7 nitrogen and oxygen atoms in total. The van der Waals surface area contributed by atoms with Crippen LogP contribution in [0.4, 0.5) is 4.39 Å². The van der Waals surface area contributed by atoms with Gasteiger partial charge in [0, 0.05) is 15.7 Å². The van der Waals surface area contributed by atoms with Crippen LogP contribution in [-0.2, 0) is 14.3 Å². The Morgan fingerprint density at radius 1 is 1.32 bits per heavy atom. The lowest BCUT2D eigenvalue weighted by molar-refractivity contribution is -0.139. The van der Waals surface area contributed by atoms with Crippen LogP contribution in [0.15, 0.2) is 56.6 Å². The number of allylic oxidation sites excluding steroid dienone is 1. The first-order chi connectivity index (χ1) is 16.2. The fraction of sp³-hybridized carbons (Fsp3) is 0.250. The number of halogens is 2. The van der Waals surface area contributed by atoms with E-state index in [1.54, 1.807) is 19.1 Å². The number of nitrogens with zero attached hydrogens (tertiary/aromatic N) is 3. The Balaban J connectivity index is 2.15. The molecule has 0 aliphatic carbocycles. The van der Waals surface area contributed by atoms with E-state index >= 15 is 0 Å². The highest BCUT2D eigenvalue weighted by Gasteiger charge is 2.39. The van der Waals surface area contributed by atoms with Gasteiger partial charge >= 0.3 is 5.97 Å². The number of pyridine rings is 1. The number of aryl methyl sites for hydroxylation is 2. The molecule has 3 rings (SSSR count). The lowest BCUT2D eigenvalue weighted by Crippen LogP contribution is -2.27. The fourth-order valence-corrected chi connectivity index (χ4v) is 4.96. The van der Waals surface area contributed by atoms with Crippen LogP contribution in [0.1, 0.15) is 35.2 Å². The van der Waals surface area contributed by atoms with E-state index in [1.165, 1.54) is 23.9 Å². The molecule has 0 fully saturated rings. The van der Waals surface area contributed by atoms with E-state index in [-0.39, 0.29) is 40.7 Å². The molecule has 1 atom stereocenters. The van der Waals surface area contributed by atoms with E-state index in [4.69, 9.17) is 15.2 Å². The van der Waals surface area contributed by atoms with E-state index in [1.807, 2.05) is 19.9 Å². The molecule has 0 unspecified atom stereocenters. The van der Waals surface area contributed by atoms with Crippen LogP contribution in [0, 0.1) is 42.3 Å². The van der Waals surface area contributed by atoms with Crippen molar-refractivity contribution >= 4 is 33.7 Å². The van der Waals surface area contributed by atoms with Gasteiger partial charge in [-0.05, 0) is 44.5 Å². The Bertz CT molecular complexity index is 1310. The number of aromatic nitrogens is 1. The van der Waals surface area contributed by atoms with Crippen LogP contribution >= 0.6 is 27.7 Å². The molecule has 2 heterocycles. The third-order valence-corrected chi connectivity index (χ3v) is 6.50. The highest BCUT2D eigenvalue weighted by Crippen LogP contribution is 2.42. The second-order valence-corrected chi connectivity index (χ2v) is 9.19. The minimum absolute atomic E-state index is 0.0239. The summed E-state index contributed by atoms with van der Waals surface area (Å²) in [7, 11) is 0. The van der Waals surface area contributed by atoms with Gasteiger partial charge in [0.05, 0.1) is 29.4 Å². The number of nitriles is 2. The first-order valence-corrected chi connectivity index (χ1v) is 11.9. The predicted molar refractivity (Wildman–Crippen MR) is 128 cm³/mol. The fourth-order valence-electron chi connectivity index (χ4n) is 3.58. The van der Waals surface area contributed by atoms with Crippen molar-refractivity contribution < 1.29 is 18.7 Å². The first-order valence-electron chi connectivity index (χ1n) is 10.2. The number of ether oxygens (including phenoxy) is 2. The lowest BCUT2D eigenvalue weighted by atomic mass is 9.83. The molecule has 0 radical (unpaired) electrons. The molecule has 2 N–H and O–H groups in total. The van der Waals surface area contributed by atoms with Crippen molar-refractivity contribution in [2.24, 2.45) is 5.73 Å². The predicted octanol–water partition coefficient (Wildman–Crippen LogP) is 4.89. The van der Waals surface area contributed by atoms with Crippen LogP contribution in [0.3, 0.4) is 0 Å². The van der Waals surface area contributed by atoms with Crippen LogP contribution < -0.4 is 5.73 Å². The second kappa shape index (κ2) is 10.7. The van der Waals surface area contributed by atoms with E-state index in [9.17, 15) is 19.7 Å². The number of carbonyl (C=O) groups excluding carboxylic acids is 1. The van der Waals surface area contributed by atoms with Gasteiger partial charge in [-0.3, -0.25) is 0 Å². The molecule has 174 valence electrons. The Kier molecular flexibility index (Phi) is 7.98. The first kappa shape index (κ1) is 25.3. The van der Waals surface area contributed by atoms with Gasteiger partial charge < -0.3 is 15.2 Å². The van der Waals surface area contributed by atoms with Crippen molar-refractivity contribution in [1.29, 1.82) is 10.5 Å². The van der Waals surface area contributed by atoms with Crippen LogP contribution in [0.2, 0.25) is 0 Å². The summed E-state index contributed by atoms with van der Waals surface area (Å²) in [6, 6.07) is 10.2. The number of thioether (sulfide) groups is 1. The molecule has 1 aliphatic heterocycles. The normalized spacial score (nSPS) is 15.4. The SMILES string of the molecule is CCOC(=O)C1=C(CSc2nc(C)cc(C)c2C#N)OC(N)=C(C#N)[C@@H]1c1ccc(Br)cc1F. The molecule has 1 aliphatic rings. The van der Waals surface area contributed by atoms with E-state index < -0.39 is 17.7 Å². The number of rotatable bonds is 6. The van der Waals surface area contributed by atoms with Crippen LogP contribution in [0.5, 0.6) is 0 Å². The van der Waals surface area contributed by atoms with Crippen molar-refractivity contribution in [2.45, 2.75) is 31.7 Å². The summed E-state index contributed by atoms with van der Waals surface area (Å²) in [6.07, 6.45) is 0. The Hall–Kier alpha value is -3.34. The number of carbonyl (C=O) groups is 1. The summed E-state index contributed by atoms with van der Waals surface area (Å²) >= 11 is 4.39. The van der Waals surface area contributed by atoms with Crippen molar-refractivity contribution in [3.8, 4) is 12.1 Å². The van der Waals surface area contributed by atoms with Crippen LogP contribution in [-0.4, -0.2) is 23.3 Å². The minimum Gasteiger partial charge on any atom is -0.463 e. The molecule has 1 aromatic heterocycles. The summed E-state index contributed by atoms with van der Waals surface area (Å²) < 4.78 is 26.4. The van der Waals surface area contributed by atoms with E-state index in [2.05, 4.69) is 27.0 Å². The van der Waals surface area contributed by atoms with Crippen molar-refractivity contribution in [3.63, 3.8) is 0 Å². The molecule has 0 spiro atoms. The van der Waals surface area contributed by atoms with E-state index in [0.717, 1.165) is 11.3 Å². The summed E-state index contributed by atoms with van der Waals surface area (Å²) in [6.45, 7) is 5.32. The largest absolute Gasteiger partial charge is 0.463 e. The maximum atomic E-state index is 15.0. The number of hydrogen-bond donors (Lipinski definition) is 1. The summed E-state index contributed by atoms with van der Waals surface area (Å²) in [5.74, 6) is -2.57. The summed E-state index contributed by atoms with van der Waals surface area (Å²) in [5.41, 5.74) is 7.89. The average molecular weight is 543 g/mol. The number of benzene rings is 1. The monoisotopic (exact) mass is 542 g/mol. The zero-order valence-electron chi connectivity index (χ0n) is 18.6. The number of esters is 1. The molecule has 2 aromatic rings. The van der Waals surface area contributed by atoms with Gasteiger partial charge in [0.1, 0.15) is 34.3 Å². The molecule has 0 saturated carbocycles. The topological polar surface area (TPSA) is 122 Å². The third-order valence-electron chi connectivity index (χ3n) is 5.03. The highest BCUT2D eigenvalue weighted by molar-refractivity contribution is 9.10. The molecule has 1 aromatic carbocycles. The van der Waals surface area contributed by atoms with E-state index in [0.29, 0.717) is 15.1 Å². The smallest absolute Gasteiger partial charge is 0.338 e. The van der Waals surface area contributed by atoms with Crippen molar-refractivity contribution in [3.05, 3.63) is 79.7 Å². The van der Waals surface area contributed by atoms with Gasteiger partial charge in [0.2, 0.25) is 5.88 Å². The average Bonchev–Trinajstić information content (AvgIpc) is 2.77. The molecular formula is C24H20BrFN4O3S. The van der Waals surface area contributed by atoms with Gasteiger partial charge in [-0.1, -0.05) is 33.8 Å². The molecule has 34 heavy (non-hydrogen) atoms. The number of nitrogens with two attached hydrogens (primary N) is 1. The molecule has 10 heteroatoms. The Morgan fingerprint density at radius 3 is 2.68 bits per heavy atom. The minimum atomic E-state index is -1.12. The van der Waals surface area contributed by atoms with Gasteiger partial charge in [-0.2, -0.15) is 10.5 Å². The maximum absolute atomic E-state index is 15.0.